The highest BCUT2D eigenvalue weighted by molar-refractivity contribution is 7.89. The molecule has 0 bridgehead atoms. The van der Waals surface area contributed by atoms with Gasteiger partial charge in [-0.3, -0.25) is 4.57 Å². The number of oxazole rings is 2. The van der Waals surface area contributed by atoms with Crippen molar-refractivity contribution in [3.63, 3.8) is 0 Å². The van der Waals surface area contributed by atoms with Gasteiger partial charge < -0.3 is 8.83 Å². The predicted molar refractivity (Wildman–Crippen MR) is 102 cm³/mol. The van der Waals surface area contributed by atoms with Gasteiger partial charge in [-0.15, -0.1) is 0 Å². The van der Waals surface area contributed by atoms with Crippen molar-refractivity contribution in [2.24, 2.45) is 7.05 Å². The molecule has 0 saturated carbocycles. The molecule has 0 amide bonds. The molecule has 0 unspecified atom stereocenters. The van der Waals surface area contributed by atoms with Crippen LogP contribution in [0.3, 0.4) is 0 Å². The highest BCUT2D eigenvalue weighted by Gasteiger charge is 2.17. The Kier molecular flexibility index (Phi) is 4.62. The predicted octanol–water partition coefficient (Wildman–Crippen LogP) is 2.31. The molecule has 9 heteroatoms. The number of nitrogens with one attached hydrogen (secondary N) is 1. The third-order valence-corrected chi connectivity index (χ3v) is 5.78. The molecule has 0 aliphatic heterocycles. The molecule has 8 nitrogen and oxygen atoms in total. The van der Waals surface area contributed by atoms with E-state index in [-0.39, 0.29) is 17.0 Å². The Morgan fingerprint density at radius 3 is 2.71 bits per heavy atom. The Labute approximate surface area is 160 Å². The van der Waals surface area contributed by atoms with Crippen molar-refractivity contribution in [2.75, 3.05) is 6.54 Å². The Morgan fingerprint density at radius 1 is 1.14 bits per heavy atom. The third-order valence-electron chi connectivity index (χ3n) is 4.32. The summed E-state index contributed by atoms with van der Waals surface area (Å²) in [6, 6.07) is 13.8. The summed E-state index contributed by atoms with van der Waals surface area (Å²) >= 11 is 0. The number of aromatic nitrogens is 2. The van der Waals surface area contributed by atoms with Crippen LogP contribution in [0.1, 0.15) is 5.69 Å². The molecule has 28 heavy (non-hydrogen) atoms. The summed E-state index contributed by atoms with van der Waals surface area (Å²) in [6.07, 6.45) is 1.89. The highest BCUT2D eigenvalue weighted by Crippen LogP contribution is 2.19. The molecule has 0 atom stereocenters. The van der Waals surface area contributed by atoms with Gasteiger partial charge in [0.1, 0.15) is 6.26 Å². The number of hydrogen-bond acceptors (Lipinski definition) is 6. The first-order valence-corrected chi connectivity index (χ1v) is 10.0. The SMILES string of the molecule is Cn1c(=O)oc2cc(S(=O)(=O)NCCc3coc(-c4ccccc4)n3)ccc21. The highest BCUT2D eigenvalue weighted by atomic mass is 32.2. The van der Waals surface area contributed by atoms with Gasteiger partial charge >= 0.3 is 5.76 Å². The van der Waals surface area contributed by atoms with Crippen LogP contribution in [-0.2, 0) is 23.5 Å². The number of rotatable bonds is 6. The second-order valence-electron chi connectivity index (χ2n) is 6.21. The molecule has 0 aliphatic carbocycles. The van der Waals surface area contributed by atoms with E-state index >= 15 is 0 Å². The van der Waals surface area contributed by atoms with Gasteiger partial charge in [0.25, 0.3) is 0 Å². The van der Waals surface area contributed by atoms with E-state index in [1.165, 1.54) is 23.0 Å². The average Bonchev–Trinajstić information content (AvgIpc) is 3.27. The molecule has 0 aliphatic rings. The summed E-state index contributed by atoms with van der Waals surface area (Å²) in [5.41, 5.74) is 2.25. The summed E-state index contributed by atoms with van der Waals surface area (Å²) in [4.78, 5) is 15.9. The third kappa shape index (κ3) is 3.49. The molecule has 0 spiro atoms. The van der Waals surface area contributed by atoms with Crippen molar-refractivity contribution < 1.29 is 17.3 Å². The molecule has 144 valence electrons. The molecule has 4 rings (SSSR count). The summed E-state index contributed by atoms with van der Waals surface area (Å²) in [7, 11) is -2.19. The van der Waals surface area contributed by atoms with E-state index in [2.05, 4.69) is 9.71 Å². The van der Waals surface area contributed by atoms with Gasteiger partial charge in [-0.2, -0.15) is 0 Å². The van der Waals surface area contributed by atoms with Crippen LogP contribution in [0.5, 0.6) is 0 Å². The van der Waals surface area contributed by atoms with Gasteiger partial charge in [-0.25, -0.2) is 22.9 Å². The van der Waals surface area contributed by atoms with Gasteiger partial charge in [-0.1, -0.05) is 18.2 Å². The standard InChI is InChI=1S/C19H17N3O5S/c1-22-16-8-7-15(11-17(16)27-19(22)23)28(24,25)20-10-9-14-12-26-18(21-14)13-5-3-2-4-6-13/h2-8,11-12,20H,9-10H2,1H3. The first-order valence-electron chi connectivity index (χ1n) is 8.53. The van der Waals surface area contributed by atoms with E-state index in [9.17, 15) is 13.2 Å². The largest absolute Gasteiger partial charge is 0.444 e. The van der Waals surface area contributed by atoms with Crippen LogP contribution in [0, 0.1) is 0 Å². The van der Waals surface area contributed by atoms with Crippen LogP contribution in [0.15, 0.2) is 73.3 Å². The van der Waals surface area contributed by atoms with Crippen molar-refractivity contribution in [1.29, 1.82) is 0 Å². The summed E-state index contributed by atoms with van der Waals surface area (Å²) in [5.74, 6) is -0.0548. The summed E-state index contributed by atoms with van der Waals surface area (Å²) in [6.45, 7) is 0.153. The Hall–Kier alpha value is -3.17. The molecule has 2 heterocycles. The van der Waals surface area contributed by atoms with Gasteiger partial charge in [0.05, 0.1) is 16.1 Å². The minimum atomic E-state index is -3.75. The normalized spacial score (nSPS) is 11.9. The molecule has 0 fully saturated rings. The number of nitrogens with zero attached hydrogens (tertiary/aromatic N) is 2. The molecule has 0 radical (unpaired) electrons. The maximum atomic E-state index is 12.5. The van der Waals surface area contributed by atoms with E-state index in [0.717, 1.165) is 5.56 Å². The lowest BCUT2D eigenvalue weighted by Crippen LogP contribution is -2.26. The number of benzene rings is 2. The smallest absolute Gasteiger partial charge is 0.419 e. The van der Waals surface area contributed by atoms with E-state index in [4.69, 9.17) is 8.83 Å². The van der Waals surface area contributed by atoms with Crippen molar-refractivity contribution in [3.05, 3.63) is 71.0 Å². The topological polar surface area (TPSA) is 107 Å². The average molecular weight is 399 g/mol. The van der Waals surface area contributed by atoms with Crippen LogP contribution in [0.4, 0.5) is 0 Å². The zero-order valence-corrected chi connectivity index (χ0v) is 15.8. The van der Waals surface area contributed by atoms with Gasteiger partial charge in [0.15, 0.2) is 5.58 Å². The van der Waals surface area contributed by atoms with Crippen molar-refractivity contribution in [2.45, 2.75) is 11.3 Å². The minimum Gasteiger partial charge on any atom is -0.444 e. The molecule has 4 aromatic rings. The quantitative estimate of drug-likeness (QED) is 0.533. The first kappa shape index (κ1) is 18.2. The maximum absolute atomic E-state index is 12.5. The van der Waals surface area contributed by atoms with Crippen molar-refractivity contribution in [1.82, 2.24) is 14.3 Å². The number of fused-ring (bicyclic) bond motifs is 1. The van der Waals surface area contributed by atoms with E-state index in [1.54, 1.807) is 13.1 Å². The lowest BCUT2D eigenvalue weighted by Gasteiger charge is -2.05. The Balaban J connectivity index is 1.44. The number of hydrogen-bond donors (Lipinski definition) is 1. The molecular formula is C19H17N3O5S. The lowest BCUT2D eigenvalue weighted by atomic mass is 10.2. The number of aryl methyl sites for hydroxylation is 1. The zero-order chi connectivity index (χ0) is 19.7. The van der Waals surface area contributed by atoms with Gasteiger partial charge in [0.2, 0.25) is 15.9 Å². The van der Waals surface area contributed by atoms with Crippen LogP contribution in [0.2, 0.25) is 0 Å². The van der Waals surface area contributed by atoms with E-state index in [0.29, 0.717) is 23.5 Å². The van der Waals surface area contributed by atoms with Gasteiger partial charge in [-0.05, 0) is 24.3 Å². The van der Waals surface area contributed by atoms with Gasteiger partial charge in [0, 0.05) is 31.6 Å². The summed E-state index contributed by atoms with van der Waals surface area (Å²) < 4.78 is 39.3. The molecule has 1 N–H and O–H groups in total. The van der Waals surface area contributed by atoms with Crippen LogP contribution >= 0.6 is 0 Å². The molecule has 2 aromatic carbocycles. The van der Waals surface area contributed by atoms with Crippen LogP contribution in [0.25, 0.3) is 22.6 Å². The second kappa shape index (κ2) is 7.10. The monoisotopic (exact) mass is 399 g/mol. The number of sulfonamides is 1. The Morgan fingerprint density at radius 2 is 1.93 bits per heavy atom. The van der Waals surface area contributed by atoms with E-state index in [1.807, 2.05) is 30.3 Å². The fourth-order valence-electron chi connectivity index (χ4n) is 2.81. The maximum Gasteiger partial charge on any atom is 0.419 e. The Bertz CT molecular complexity index is 1290. The van der Waals surface area contributed by atoms with Crippen molar-refractivity contribution in [3.8, 4) is 11.5 Å². The summed E-state index contributed by atoms with van der Waals surface area (Å²) in [5, 5.41) is 0. The van der Waals surface area contributed by atoms with Crippen LogP contribution < -0.4 is 10.5 Å². The fourth-order valence-corrected chi connectivity index (χ4v) is 3.86. The second-order valence-corrected chi connectivity index (χ2v) is 7.98. The first-order chi connectivity index (χ1) is 13.4. The van der Waals surface area contributed by atoms with E-state index < -0.39 is 15.8 Å². The zero-order valence-electron chi connectivity index (χ0n) is 15.0. The molecule has 0 saturated heterocycles. The molecule has 2 aromatic heterocycles. The fraction of sp³-hybridized carbons (Fsp3) is 0.158. The minimum absolute atomic E-state index is 0.0273. The van der Waals surface area contributed by atoms with Crippen LogP contribution in [-0.4, -0.2) is 24.5 Å². The lowest BCUT2D eigenvalue weighted by molar-refractivity contribution is 0.527. The molecular weight excluding hydrogens is 382 g/mol. The van der Waals surface area contributed by atoms with Crippen molar-refractivity contribution >= 4 is 21.1 Å².